The molecule has 7 nitrogen and oxygen atoms in total. The molecular formula is C20H18ClN3O4S2. The van der Waals surface area contributed by atoms with E-state index in [1.165, 1.54) is 13.0 Å². The second-order valence-corrected chi connectivity index (χ2v) is 9.60. The molecule has 2 aromatic carbocycles. The van der Waals surface area contributed by atoms with Crippen molar-refractivity contribution in [3.8, 4) is 0 Å². The zero-order valence-corrected chi connectivity index (χ0v) is 18.1. The summed E-state index contributed by atoms with van der Waals surface area (Å²) < 4.78 is 27.1. The molecule has 1 aromatic heterocycles. The predicted octanol–water partition coefficient (Wildman–Crippen LogP) is 3.96. The van der Waals surface area contributed by atoms with E-state index < -0.39 is 22.0 Å². The van der Waals surface area contributed by atoms with Crippen LogP contribution < -0.4 is 15.4 Å². The van der Waals surface area contributed by atoms with Crippen LogP contribution in [0.4, 0.5) is 11.4 Å². The number of hydrogen-bond acceptors (Lipinski definition) is 5. The van der Waals surface area contributed by atoms with E-state index in [9.17, 15) is 18.0 Å². The minimum Gasteiger partial charge on any atom is -0.323 e. The molecule has 2 amide bonds. The van der Waals surface area contributed by atoms with Gasteiger partial charge in [0.15, 0.2) is 0 Å². The second kappa shape index (κ2) is 9.40. The number of nitrogens with one attached hydrogen (secondary N) is 3. The van der Waals surface area contributed by atoms with Crippen LogP contribution in [0.25, 0.3) is 0 Å². The van der Waals surface area contributed by atoms with E-state index in [1.54, 1.807) is 60.0 Å². The van der Waals surface area contributed by atoms with Crippen molar-refractivity contribution >= 4 is 56.2 Å². The van der Waals surface area contributed by atoms with Gasteiger partial charge in [-0.05, 0) is 54.8 Å². The van der Waals surface area contributed by atoms with Crippen LogP contribution in [0.1, 0.15) is 17.3 Å². The van der Waals surface area contributed by atoms with Crippen LogP contribution in [0.3, 0.4) is 0 Å². The Bertz CT molecular complexity index is 1150. The van der Waals surface area contributed by atoms with Crippen molar-refractivity contribution in [1.82, 2.24) is 4.72 Å². The number of carbonyl (C=O) groups excluding carboxylic acids is 2. The number of benzene rings is 2. The van der Waals surface area contributed by atoms with Crippen molar-refractivity contribution in [2.24, 2.45) is 0 Å². The average Bonchev–Trinajstić information content (AvgIpc) is 3.25. The number of para-hydroxylation sites is 2. The fraction of sp³-hybridized carbons (Fsp3) is 0.100. The van der Waals surface area contributed by atoms with Crippen LogP contribution in [0.15, 0.2) is 70.3 Å². The SMILES string of the molecule is CC(NS(=O)(=O)c1cccs1)C(=O)Nc1ccccc1NC(=O)c1ccc(Cl)cc1. The zero-order valence-electron chi connectivity index (χ0n) is 15.8. The molecule has 0 bridgehead atoms. The standard InChI is InChI=1S/C20H18ClN3O4S2/c1-13(24-30(27,28)18-7-4-12-29-18)19(25)22-16-5-2-3-6-17(16)23-20(26)14-8-10-15(21)11-9-14/h2-13,24H,1H3,(H,22,25)(H,23,26). The van der Waals surface area contributed by atoms with Gasteiger partial charge in [0.05, 0.1) is 17.4 Å². The summed E-state index contributed by atoms with van der Waals surface area (Å²) in [5.41, 5.74) is 1.11. The monoisotopic (exact) mass is 463 g/mol. The maximum atomic E-state index is 12.5. The Hall–Kier alpha value is -2.72. The molecule has 0 spiro atoms. The van der Waals surface area contributed by atoms with Gasteiger partial charge >= 0.3 is 0 Å². The van der Waals surface area contributed by atoms with Crippen molar-refractivity contribution in [3.05, 3.63) is 76.6 Å². The van der Waals surface area contributed by atoms with Gasteiger partial charge < -0.3 is 10.6 Å². The first-order valence-corrected chi connectivity index (χ1v) is 11.5. The molecule has 3 aromatic rings. The highest BCUT2D eigenvalue weighted by Gasteiger charge is 2.23. The zero-order chi connectivity index (χ0) is 21.7. The summed E-state index contributed by atoms with van der Waals surface area (Å²) in [6, 6.07) is 15.0. The Morgan fingerprint density at radius 3 is 2.17 bits per heavy atom. The highest BCUT2D eigenvalue weighted by Crippen LogP contribution is 2.23. The summed E-state index contributed by atoms with van der Waals surface area (Å²) >= 11 is 6.90. The number of hydrogen-bond donors (Lipinski definition) is 3. The number of anilines is 2. The maximum Gasteiger partial charge on any atom is 0.255 e. The van der Waals surface area contributed by atoms with Gasteiger partial charge in [-0.3, -0.25) is 9.59 Å². The number of amides is 2. The molecule has 0 saturated carbocycles. The Morgan fingerprint density at radius 2 is 1.57 bits per heavy atom. The van der Waals surface area contributed by atoms with Crippen LogP contribution in [-0.2, 0) is 14.8 Å². The minimum atomic E-state index is -3.80. The van der Waals surface area contributed by atoms with Gasteiger partial charge in [0.1, 0.15) is 4.21 Å². The predicted molar refractivity (Wildman–Crippen MR) is 119 cm³/mol. The van der Waals surface area contributed by atoms with Crippen molar-refractivity contribution in [3.63, 3.8) is 0 Å². The molecule has 156 valence electrons. The van der Waals surface area contributed by atoms with E-state index in [2.05, 4.69) is 15.4 Å². The molecular weight excluding hydrogens is 446 g/mol. The summed E-state index contributed by atoms with van der Waals surface area (Å²) in [6.07, 6.45) is 0. The van der Waals surface area contributed by atoms with Crippen molar-refractivity contribution in [1.29, 1.82) is 0 Å². The van der Waals surface area contributed by atoms with Gasteiger partial charge in [0, 0.05) is 10.6 Å². The van der Waals surface area contributed by atoms with Crippen LogP contribution in [0.2, 0.25) is 5.02 Å². The first-order valence-electron chi connectivity index (χ1n) is 8.79. The van der Waals surface area contributed by atoms with Gasteiger partial charge in [0.25, 0.3) is 15.9 Å². The topological polar surface area (TPSA) is 104 Å². The molecule has 1 unspecified atom stereocenters. The highest BCUT2D eigenvalue weighted by atomic mass is 35.5. The van der Waals surface area contributed by atoms with Crippen molar-refractivity contribution in [2.45, 2.75) is 17.2 Å². The maximum absolute atomic E-state index is 12.5. The van der Waals surface area contributed by atoms with E-state index >= 15 is 0 Å². The first kappa shape index (κ1) is 22.0. The molecule has 10 heteroatoms. The Morgan fingerprint density at radius 1 is 0.933 bits per heavy atom. The van der Waals surface area contributed by atoms with E-state index in [-0.39, 0.29) is 10.1 Å². The lowest BCUT2D eigenvalue weighted by Crippen LogP contribution is -2.41. The molecule has 1 heterocycles. The van der Waals surface area contributed by atoms with E-state index in [4.69, 9.17) is 11.6 Å². The van der Waals surface area contributed by atoms with E-state index in [0.29, 0.717) is 22.0 Å². The fourth-order valence-electron chi connectivity index (χ4n) is 2.50. The third-order valence-electron chi connectivity index (χ3n) is 4.02. The Kier molecular flexibility index (Phi) is 6.88. The van der Waals surface area contributed by atoms with Gasteiger partial charge in [-0.25, -0.2) is 8.42 Å². The number of rotatable bonds is 7. The molecule has 0 saturated heterocycles. The molecule has 1 atom stereocenters. The van der Waals surface area contributed by atoms with Crippen LogP contribution >= 0.6 is 22.9 Å². The summed E-state index contributed by atoms with van der Waals surface area (Å²) in [4.78, 5) is 25.0. The lowest BCUT2D eigenvalue weighted by Gasteiger charge is -2.16. The molecule has 0 aliphatic rings. The molecule has 3 rings (SSSR count). The van der Waals surface area contributed by atoms with E-state index in [0.717, 1.165) is 11.3 Å². The number of sulfonamides is 1. The molecule has 0 aliphatic heterocycles. The molecule has 3 N–H and O–H groups in total. The summed E-state index contributed by atoms with van der Waals surface area (Å²) in [7, 11) is -3.80. The smallest absolute Gasteiger partial charge is 0.255 e. The number of carbonyl (C=O) groups is 2. The quantitative estimate of drug-likeness (QED) is 0.493. The third-order valence-corrected chi connectivity index (χ3v) is 7.21. The molecule has 30 heavy (non-hydrogen) atoms. The largest absolute Gasteiger partial charge is 0.323 e. The van der Waals surface area contributed by atoms with Crippen LogP contribution in [0, 0.1) is 0 Å². The van der Waals surface area contributed by atoms with Gasteiger partial charge in [-0.1, -0.05) is 29.8 Å². The van der Waals surface area contributed by atoms with Gasteiger partial charge in [-0.2, -0.15) is 4.72 Å². The average molecular weight is 464 g/mol. The molecule has 0 fully saturated rings. The first-order chi connectivity index (χ1) is 14.3. The summed E-state index contributed by atoms with van der Waals surface area (Å²) in [6.45, 7) is 1.44. The summed E-state index contributed by atoms with van der Waals surface area (Å²) in [5, 5.41) is 7.52. The third kappa shape index (κ3) is 5.45. The summed E-state index contributed by atoms with van der Waals surface area (Å²) in [5.74, 6) is -0.942. The highest BCUT2D eigenvalue weighted by molar-refractivity contribution is 7.91. The normalized spacial score (nSPS) is 12.2. The van der Waals surface area contributed by atoms with Crippen molar-refractivity contribution in [2.75, 3.05) is 10.6 Å². The van der Waals surface area contributed by atoms with Crippen LogP contribution in [-0.4, -0.2) is 26.3 Å². The second-order valence-electron chi connectivity index (χ2n) is 6.27. The fourth-order valence-corrected chi connectivity index (χ4v) is 4.84. The Balaban J connectivity index is 1.70. The van der Waals surface area contributed by atoms with Gasteiger partial charge in [0.2, 0.25) is 5.91 Å². The lowest BCUT2D eigenvalue weighted by atomic mass is 10.2. The number of thiophene rings is 1. The van der Waals surface area contributed by atoms with E-state index in [1.807, 2.05) is 0 Å². The van der Waals surface area contributed by atoms with Gasteiger partial charge in [-0.15, -0.1) is 11.3 Å². The lowest BCUT2D eigenvalue weighted by molar-refractivity contribution is -0.117. The van der Waals surface area contributed by atoms with Crippen molar-refractivity contribution < 1.29 is 18.0 Å². The number of halogens is 1. The molecule has 0 radical (unpaired) electrons. The minimum absolute atomic E-state index is 0.123. The molecule has 0 aliphatic carbocycles. The Labute approximate surface area is 183 Å². The van der Waals surface area contributed by atoms with Crippen LogP contribution in [0.5, 0.6) is 0 Å².